The second-order valence-electron chi connectivity index (χ2n) is 4.90. The molecule has 1 rings (SSSR count). The molecule has 112 valence electrons. The van der Waals surface area contributed by atoms with Crippen molar-refractivity contribution in [2.75, 3.05) is 33.4 Å². The van der Waals surface area contributed by atoms with Crippen LogP contribution in [0.5, 0.6) is 11.5 Å². The molecule has 0 aliphatic carbocycles. The third kappa shape index (κ3) is 6.99. The van der Waals surface area contributed by atoms with Crippen LogP contribution in [0.2, 0.25) is 0 Å². The maximum absolute atomic E-state index is 11.5. The molecule has 1 amide bonds. The van der Waals surface area contributed by atoms with Gasteiger partial charge in [0, 0.05) is 0 Å². The molecule has 0 spiro atoms. The van der Waals surface area contributed by atoms with Gasteiger partial charge in [-0.2, -0.15) is 0 Å². The van der Waals surface area contributed by atoms with Gasteiger partial charge in [-0.3, -0.25) is 4.79 Å². The molecule has 0 aromatic heterocycles. The van der Waals surface area contributed by atoms with Gasteiger partial charge in [0.2, 0.25) is 5.91 Å². The Morgan fingerprint density at radius 1 is 1.20 bits per heavy atom. The molecule has 0 radical (unpaired) electrons. The van der Waals surface area contributed by atoms with Gasteiger partial charge in [-0.25, -0.2) is 0 Å². The lowest BCUT2D eigenvalue weighted by Crippen LogP contribution is -2.37. The van der Waals surface area contributed by atoms with Crippen LogP contribution in [0.15, 0.2) is 24.3 Å². The minimum absolute atomic E-state index is 0.0102. The molecule has 0 bridgehead atoms. The molecule has 0 unspecified atom stereocenters. The van der Waals surface area contributed by atoms with Crippen LogP contribution in [-0.4, -0.2) is 39.3 Å². The van der Waals surface area contributed by atoms with E-state index >= 15 is 0 Å². The first-order valence-corrected chi connectivity index (χ1v) is 6.86. The van der Waals surface area contributed by atoms with E-state index in [1.54, 1.807) is 7.11 Å². The Morgan fingerprint density at radius 2 is 1.85 bits per heavy atom. The normalized spacial score (nSPS) is 10.4. The van der Waals surface area contributed by atoms with Crippen molar-refractivity contribution in [3.8, 4) is 11.5 Å². The first kappa shape index (κ1) is 16.3. The van der Waals surface area contributed by atoms with Crippen molar-refractivity contribution in [2.24, 2.45) is 5.92 Å². The van der Waals surface area contributed by atoms with Crippen molar-refractivity contribution >= 4 is 5.91 Å². The summed E-state index contributed by atoms with van der Waals surface area (Å²) in [6, 6.07) is 7.35. The molecular formula is C15H24N2O3. The lowest BCUT2D eigenvalue weighted by atomic mass is 10.2. The van der Waals surface area contributed by atoms with E-state index in [2.05, 4.69) is 24.5 Å². The van der Waals surface area contributed by atoms with Crippen LogP contribution in [0.4, 0.5) is 0 Å². The molecule has 0 atom stereocenters. The SMILES string of the molecule is COc1ccc(OCCNC(=O)CNCC(C)C)cc1. The molecule has 20 heavy (non-hydrogen) atoms. The molecular weight excluding hydrogens is 256 g/mol. The number of methoxy groups -OCH3 is 1. The molecule has 0 aliphatic heterocycles. The molecule has 0 fully saturated rings. The lowest BCUT2D eigenvalue weighted by Gasteiger charge is -2.09. The van der Waals surface area contributed by atoms with E-state index in [0.717, 1.165) is 18.0 Å². The van der Waals surface area contributed by atoms with Crippen LogP contribution in [0, 0.1) is 5.92 Å². The zero-order valence-electron chi connectivity index (χ0n) is 12.4. The van der Waals surface area contributed by atoms with E-state index in [-0.39, 0.29) is 5.91 Å². The van der Waals surface area contributed by atoms with E-state index in [9.17, 15) is 4.79 Å². The largest absolute Gasteiger partial charge is 0.497 e. The summed E-state index contributed by atoms with van der Waals surface area (Å²) in [7, 11) is 1.62. The number of carbonyl (C=O) groups excluding carboxylic acids is 1. The number of benzene rings is 1. The van der Waals surface area contributed by atoms with Crippen LogP contribution < -0.4 is 20.1 Å². The first-order chi connectivity index (χ1) is 9.61. The van der Waals surface area contributed by atoms with Gasteiger partial charge in [-0.05, 0) is 36.7 Å². The number of ether oxygens (including phenoxy) is 2. The molecule has 5 heteroatoms. The number of hydrogen-bond acceptors (Lipinski definition) is 4. The average Bonchev–Trinajstić information content (AvgIpc) is 2.44. The summed E-state index contributed by atoms with van der Waals surface area (Å²) in [5, 5.41) is 5.89. The minimum Gasteiger partial charge on any atom is -0.497 e. The number of carbonyl (C=O) groups is 1. The Bertz CT molecular complexity index is 391. The van der Waals surface area contributed by atoms with E-state index in [4.69, 9.17) is 9.47 Å². The molecule has 0 aliphatic rings. The number of rotatable bonds is 9. The summed E-state index contributed by atoms with van der Waals surface area (Å²) in [5.74, 6) is 2.09. The average molecular weight is 280 g/mol. The van der Waals surface area contributed by atoms with Crippen LogP contribution in [0.3, 0.4) is 0 Å². The zero-order chi connectivity index (χ0) is 14.8. The predicted octanol–water partition coefficient (Wildman–Crippen LogP) is 1.44. The van der Waals surface area contributed by atoms with Crippen LogP contribution in [0.25, 0.3) is 0 Å². The Morgan fingerprint density at radius 3 is 2.45 bits per heavy atom. The Labute approximate surface area is 120 Å². The van der Waals surface area contributed by atoms with Crippen molar-refractivity contribution in [3.05, 3.63) is 24.3 Å². The first-order valence-electron chi connectivity index (χ1n) is 6.86. The van der Waals surface area contributed by atoms with Gasteiger partial charge in [-0.15, -0.1) is 0 Å². The second kappa shape index (κ2) is 9.20. The van der Waals surface area contributed by atoms with Crippen molar-refractivity contribution in [1.29, 1.82) is 0 Å². The highest BCUT2D eigenvalue weighted by Gasteiger charge is 2.01. The van der Waals surface area contributed by atoms with Gasteiger partial charge in [0.25, 0.3) is 0 Å². The number of nitrogens with one attached hydrogen (secondary N) is 2. The lowest BCUT2D eigenvalue weighted by molar-refractivity contribution is -0.120. The van der Waals surface area contributed by atoms with Crippen LogP contribution in [0.1, 0.15) is 13.8 Å². The van der Waals surface area contributed by atoms with Crippen molar-refractivity contribution in [3.63, 3.8) is 0 Å². The minimum atomic E-state index is -0.0102. The van der Waals surface area contributed by atoms with Gasteiger partial charge in [0.05, 0.1) is 20.2 Å². The molecule has 1 aromatic carbocycles. The zero-order valence-corrected chi connectivity index (χ0v) is 12.4. The molecule has 1 aromatic rings. The summed E-state index contributed by atoms with van der Waals surface area (Å²) in [6.07, 6.45) is 0. The number of hydrogen-bond donors (Lipinski definition) is 2. The van der Waals surface area contributed by atoms with E-state index in [1.165, 1.54) is 0 Å². The summed E-state index contributed by atoms with van der Waals surface area (Å²) in [5.41, 5.74) is 0. The fourth-order valence-corrected chi connectivity index (χ4v) is 1.57. The van der Waals surface area contributed by atoms with Crippen molar-refractivity contribution in [2.45, 2.75) is 13.8 Å². The highest BCUT2D eigenvalue weighted by Crippen LogP contribution is 2.16. The number of amides is 1. The van der Waals surface area contributed by atoms with E-state index < -0.39 is 0 Å². The van der Waals surface area contributed by atoms with Gasteiger partial charge in [0.15, 0.2) is 0 Å². The molecule has 0 saturated carbocycles. The quantitative estimate of drug-likeness (QED) is 0.672. The fourth-order valence-electron chi connectivity index (χ4n) is 1.57. The topological polar surface area (TPSA) is 59.6 Å². The summed E-state index contributed by atoms with van der Waals surface area (Å²) in [4.78, 5) is 11.5. The van der Waals surface area contributed by atoms with E-state index in [0.29, 0.717) is 25.6 Å². The monoisotopic (exact) mass is 280 g/mol. The van der Waals surface area contributed by atoms with E-state index in [1.807, 2.05) is 24.3 Å². The highest BCUT2D eigenvalue weighted by molar-refractivity contribution is 5.77. The van der Waals surface area contributed by atoms with Gasteiger partial charge >= 0.3 is 0 Å². The van der Waals surface area contributed by atoms with Crippen LogP contribution in [-0.2, 0) is 4.79 Å². The highest BCUT2D eigenvalue weighted by atomic mass is 16.5. The molecule has 2 N–H and O–H groups in total. The third-order valence-corrected chi connectivity index (χ3v) is 2.59. The standard InChI is InChI=1S/C15H24N2O3/c1-12(2)10-16-11-15(18)17-8-9-20-14-6-4-13(19-3)5-7-14/h4-7,12,16H,8-11H2,1-3H3,(H,17,18). The van der Waals surface area contributed by atoms with Crippen molar-refractivity contribution < 1.29 is 14.3 Å². The molecule has 5 nitrogen and oxygen atoms in total. The maximum atomic E-state index is 11.5. The van der Waals surface area contributed by atoms with Crippen molar-refractivity contribution in [1.82, 2.24) is 10.6 Å². The third-order valence-electron chi connectivity index (χ3n) is 2.59. The predicted molar refractivity (Wildman–Crippen MR) is 79.2 cm³/mol. The Kier molecular flexibility index (Phi) is 7.50. The smallest absolute Gasteiger partial charge is 0.234 e. The molecule has 0 saturated heterocycles. The Balaban J connectivity index is 2.10. The summed E-state index contributed by atoms with van der Waals surface area (Å²) < 4.78 is 10.6. The fraction of sp³-hybridized carbons (Fsp3) is 0.533. The summed E-state index contributed by atoms with van der Waals surface area (Å²) in [6.45, 7) is 6.34. The van der Waals surface area contributed by atoms with Gasteiger partial charge < -0.3 is 20.1 Å². The van der Waals surface area contributed by atoms with Crippen LogP contribution >= 0.6 is 0 Å². The van der Waals surface area contributed by atoms with Gasteiger partial charge in [0.1, 0.15) is 18.1 Å². The second-order valence-corrected chi connectivity index (χ2v) is 4.90. The Hall–Kier alpha value is -1.75. The molecule has 0 heterocycles. The summed E-state index contributed by atoms with van der Waals surface area (Å²) >= 11 is 0. The maximum Gasteiger partial charge on any atom is 0.234 e. The van der Waals surface area contributed by atoms with Gasteiger partial charge in [-0.1, -0.05) is 13.8 Å².